The zero-order chi connectivity index (χ0) is 11.1. The molecule has 3 rings (SSSR count). The van der Waals surface area contributed by atoms with E-state index in [9.17, 15) is 4.79 Å². The molecular weight excluding hydrogens is 204 g/mol. The van der Waals surface area contributed by atoms with Gasteiger partial charge in [-0.3, -0.25) is 0 Å². The Morgan fingerprint density at radius 3 is 2.81 bits per heavy atom. The van der Waals surface area contributed by atoms with Crippen molar-refractivity contribution in [1.29, 1.82) is 0 Å². The predicted octanol–water partition coefficient (Wildman–Crippen LogP) is 2.93. The Hall–Kier alpha value is -2.03. The molecule has 0 saturated heterocycles. The Morgan fingerprint density at radius 1 is 1.19 bits per heavy atom. The second kappa shape index (κ2) is 3.23. The molecule has 0 spiro atoms. The van der Waals surface area contributed by atoms with E-state index in [0.717, 1.165) is 22.6 Å². The summed E-state index contributed by atoms with van der Waals surface area (Å²) in [6.45, 7) is 2.27. The van der Waals surface area contributed by atoms with Crippen LogP contribution in [0.2, 0.25) is 0 Å². The predicted molar refractivity (Wildman–Crippen MR) is 58.0 cm³/mol. The highest BCUT2D eigenvalue weighted by Gasteiger charge is 2.21. The van der Waals surface area contributed by atoms with Crippen LogP contribution in [0.25, 0.3) is 11.3 Å². The van der Waals surface area contributed by atoms with Crippen molar-refractivity contribution in [3.8, 4) is 11.3 Å². The average molecular weight is 214 g/mol. The van der Waals surface area contributed by atoms with Gasteiger partial charge in [0.05, 0.1) is 5.56 Å². The summed E-state index contributed by atoms with van der Waals surface area (Å²) in [4.78, 5) is 11.3. The van der Waals surface area contributed by atoms with Crippen LogP contribution >= 0.6 is 0 Å². The SMILES string of the molecule is Cc1ccc(-c2ccc3c(c2)COC3=O)o1. The van der Waals surface area contributed by atoms with Gasteiger partial charge in [0.1, 0.15) is 18.1 Å². The number of hydrogen-bond donors (Lipinski definition) is 0. The quantitative estimate of drug-likeness (QED) is 0.685. The first-order valence-electron chi connectivity index (χ1n) is 5.11. The highest BCUT2D eigenvalue weighted by Crippen LogP contribution is 2.27. The van der Waals surface area contributed by atoms with Gasteiger partial charge in [0.15, 0.2) is 0 Å². The summed E-state index contributed by atoms with van der Waals surface area (Å²) in [5.74, 6) is 1.46. The minimum Gasteiger partial charge on any atom is -0.461 e. The molecule has 0 radical (unpaired) electrons. The molecule has 0 saturated carbocycles. The van der Waals surface area contributed by atoms with E-state index < -0.39 is 0 Å². The van der Waals surface area contributed by atoms with Crippen LogP contribution in [0.1, 0.15) is 21.7 Å². The third-order valence-corrected chi connectivity index (χ3v) is 2.71. The van der Waals surface area contributed by atoms with Gasteiger partial charge in [0.2, 0.25) is 0 Å². The Bertz CT molecular complexity index is 566. The second-order valence-electron chi connectivity index (χ2n) is 3.86. The molecule has 0 aliphatic carbocycles. The fourth-order valence-corrected chi connectivity index (χ4v) is 1.88. The largest absolute Gasteiger partial charge is 0.461 e. The Labute approximate surface area is 92.6 Å². The van der Waals surface area contributed by atoms with Crippen LogP contribution < -0.4 is 0 Å². The maximum Gasteiger partial charge on any atom is 0.338 e. The molecule has 3 heteroatoms. The van der Waals surface area contributed by atoms with E-state index >= 15 is 0 Å². The van der Waals surface area contributed by atoms with E-state index in [4.69, 9.17) is 9.15 Å². The third kappa shape index (κ3) is 1.33. The van der Waals surface area contributed by atoms with Crippen molar-refractivity contribution < 1.29 is 13.9 Å². The zero-order valence-corrected chi connectivity index (χ0v) is 8.82. The lowest BCUT2D eigenvalue weighted by Crippen LogP contribution is -1.92. The Kier molecular flexibility index (Phi) is 1.86. The van der Waals surface area contributed by atoms with Crippen molar-refractivity contribution in [1.82, 2.24) is 0 Å². The van der Waals surface area contributed by atoms with Crippen LogP contribution in [0.4, 0.5) is 0 Å². The number of cyclic esters (lactones) is 1. The first-order chi connectivity index (χ1) is 7.74. The summed E-state index contributed by atoms with van der Waals surface area (Å²) >= 11 is 0. The number of carbonyl (C=O) groups is 1. The number of rotatable bonds is 1. The fourth-order valence-electron chi connectivity index (χ4n) is 1.88. The Balaban J connectivity index is 2.08. The lowest BCUT2D eigenvalue weighted by atomic mass is 10.0. The smallest absolute Gasteiger partial charge is 0.338 e. The maximum absolute atomic E-state index is 11.3. The standard InChI is InChI=1S/C13H10O3/c1-8-2-5-12(16-8)9-3-4-11-10(6-9)7-15-13(11)14/h2-6H,7H2,1H3. The van der Waals surface area contributed by atoms with Gasteiger partial charge in [-0.1, -0.05) is 6.07 Å². The summed E-state index contributed by atoms with van der Waals surface area (Å²) in [6.07, 6.45) is 0. The van der Waals surface area contributed by atoms with Crippen LogP contribution in [0.3, 0.4) is 0 Å². The lowest BCUT2D eigenvalue weighted by Gasteiger charge is -1.99. The van der Waals surface area contributed by atoms with Crippen molar-refractivity contribution in [2.75, 3.05) is 0 Å². The van der Waals surface area contributed by atoms with Crippen LogP contribution in [-0.4, -0.2) is 5.97 Å². The molecule has 80 valence electrons. The van der Waals surface area contributed by atoms with Gasteiger partial charge in [-0.25, -0.2) is 4.79 Å². The van der Waals surface area contributed by atoms with Crippen molar-refractivity contribution in [2.45, 2.75) is 13.5 Å². The third-order valence-electron chi connectivity index (χ3n) is 2.71. The van der Waals surface area contributed by atoms with Crippen molar-refractivity contribution >= 4 is 5.97 Å². The average Bonchev–Trinajstić information content (AvgIpc) is 2.86. The zero-order valence-electron chi connectivity index (χ0n) is 8.82. The molecule has 2 aromatic rings. The number of furan rings is 1. The summed E-state index contributed by atoms with van der Waals surface area (Å²) in [7, 11) is 0. The van der Waals surface area contributed by atoms with Crippen LogP contribution in [0, 0.1) is 6.92 Å². The maximum atomic E-state index is 11.3. The highest BCUT2D eigenvalue weighted by atomic mass is 16.5. The molecule has 3 nitrogen and oxygen atoms in total. The molecule has 1 aromatic heterocycles. The lowest BCUT2D eigenvalue weighted by molar-refractivity contribution is 0.0535. The summed E-state index contributed by atoms with van der Waals surface area (Å²) < 4.78 is 10.5. The van der Waals surface area contributed by atoms with Gasteiger partial charge in [-0.15, -0.1) is 0 Å². The topological polar surface area (TPSA) is 39.4 Å². The van der Waals surface area contributed by atoms with E-state index in [1.165, 1.54) is 0 Å². The molecule has 0 atom stereocenters. The number of aryl methyl sites for hydroxylation is 1. The first-order valence-corrected chi connectivity index (χ1v) is 5.11. The van der Waals surface area contributed by atoms with E-state index in [1.54, 1.807) is 6.07 Å². The molecule has 1 aromatic carbocycles. The summed E-state index contributed by atoms with van der Waals surface area (Å²) in [5.41, 5.74) is 2.56. The van der Waals surface area contributed by atoms with Gasteiger partial charge in [-0.2, -0.15) is 0 Å². The molecule has 0 bridgehead atoms. The molecule has 2 heterocycles. The minimum absolute atomic E-state index is 0.239. The normalized spacial score (nSPS) is 13.7. The molecular formula is C13H10O3. The number of fused-ring (bicyclic) bond motifs is 1. The molecule has 0 amide bonds. The van der Waals surface area contributed by atoms with Crippen molar-refractivity contribution in [3.05, 3.63) is 47.2 Å². The highest BCUT2D eigenvalue weighted by molar-refractivity contribution is 5.94. The Morgan fingerprint density at radius 2 is 2.06 bits per heavy atom. The van der Waals surface area contributed by atoms with E-state index in [-0.39, 0.29) is 5.97 Å². The molecule has 0 fully saturated rings. The van der Waals surface area contributed by atoms with E-state index in [0.29, 0.717) is 12.2 Å². The van der Waals surface area contributed by atoms with Crippen molar-refractivity contribution in [2.24, 2.45) is 0 Å². The number of esters is 1. The van der Waals surface area contributed by atoms with Gasteiger partial charge in [0.25, 0.3) is 0 Å². The summed E-state index contributed by atoms with van der Waals surface area (Å²) in [5, 5.41) is 0. The van der Waals surface area contributed by atoms with Gasteiger partial charge in [0, 0.05) is 11.1 Å². The monoisotopic (exact) mass is 214 g/mol. The minimum atomic E-state index is -0.239. The van der Waals surface area contributed by atoms with E-state index in [2.05, 4.69) is 0 Å². The summed E-state index contributed by atoms with van der Waals surface area (Å²) in [6, 6.07) is 9.46. The molecule has 16 heavy (non-hydrogen) atoms. The number of hydrogen-bond acceptors (Lipinski definition) is 3. The van der Waals surface area contributed by atoms with Crippen LogP contribution in [0.5, 0.6) is 0 Å². The van der Waals surface area contributed by atoms with Gasteiger partial charge in [-0.05, 0) is 31.2 Å². The number of carbonyl (C=O) groups excluding carboxylic acids is 1. The second-order valence-corrected chi connectivity index (χ2v) is 3.86. The van der Waals surface area contributed by atoms with Crippen molar-refractivity contribution in [3.63, 3.8) is 0 Å². The van der Waals surface area contributed by atoms with Gasteiger partial charge < -0.3 is 9.15 Å². The van der Waals surface area contributed by atoms with Crippen LogP contribution in [-0.2, 0) is 11.3 Å². The number of benzene rings is 1. The molecule has 1 aliphatic rings. The molecule has 0 N–H and O–H groups in total. The fraction of sp³-hybridized carbons (Fsp3) is 0.154. The van der Waals surface area contributed by atoms with Gasteiger partial charge >= 0.3 is 5.97 Å². The number of ether oxygens (including phenoxy) is 1. The molecule has 0 unspecified atom stereocenters. The van der Waals surface area contributed by atoms with Crippen LogP contribution in [0.15, 0.2) is 34.7 Å². The molecule has 1 aliphatic heterocycles. The first kappa shape index (κ1) is 9.21. The van der Waals surface area contributed by atoms with E-state index in [1.807, 2.05) is 31.2 Å².